The standard InChI is InChI=1S/C58H80N16O17/c1-30(2)21-40(51(85)68-39(9-5-19-63-58(60)61)57(91)74-20-6-10-45(74)56(90)65-27-48(81)82)70-50(84)38(16-18-47(79)80)67-52(86)41(22-31-11-13-34(76)14-12-31)71-55(89)44(28-75)73-53(87)42(23-32-25-64-37-8-4-3-7-35(32)37)72-54(88)43(24-33-26-62-29-66-33)69-49(83)36(59)15-17-46(77)78/h3-4,7-8,11-14,25-26,29-30,36,38-45,64,75-76H,5-6,9-10,15-24,27-28,59H2,1-2H3,(H,62,66)(H,65,90)(H,67,86)(H,68,85)(H,69,83)(H,70,84)(H,71,89)(H,72,88)(H,73,87)(H,77,78)(H,79,80)(H,81,82)(H4,60,61,63)/t36-,38-,39-,40-,41-,42-,43-,44-,45-/m0/s1. The van der Waals surface area contributed by atoms with Crippen LogP contribution in [0.2, 0.25) is 0 Å². The first-order valence-corrected chi connectivity index (χ1v) is 29.3. The van der Waals surface area contributed by atoms with Crippen LogP contribution in [0, 0.1) is 5.92 Å². The van der Waals surface area contributed by atoms with E-state index in [1.165, 1.54) is 41.7 Å². The maximum atomic E-state index is 14.6. The van der Waals surface area contributed by atoms with Gasteiger partial charge in [0.15, 0.2) is 5.96 Å². The molecule has 21 N–H and O–H groups in total. The zero-order valence-corrected chi connectivity index (χ0v) is 50.1. The fourth-order valence-corrected chi connectivity index (χ4v) is 9.93. The first-order chi connectivity index (χ1) is 43.2. The molecule has 0 spiro atoms. The number of phenols is 1. The SMILES string of the molecule is CC(C)C[C@H](NC(=O)[C@H](CCC(=O)O)NC(=O)[C@H](Cc1ccc(O)cc1)NC(=O)[C@H](CO)NC(=O)[C@H](Cc1c[nH]c2ccccc12)NC(=O)[C@H](Cc1cnc[nH]1)NC(=O)[C@@H](N)CCC(=O)O)C(=O)N[C@@H](CCCN=C(N)N)C(=O)N1CCC[C@H]1C(=O)NCC(=O)O. The lowest BCUT2D eigenvalue weighted by molar-refractivity contribution is -0.143. The Balaban J connectivity index is 1.41. The van der Waals surface area contributed by atoms with E-state index in [0.717, 1.165) is 0 Å². The topological polar surface area (TPSA) is 540 Å². The van der Waals surface area contributed by atoms with Crippen LogP contribution >= 0.6 is 0 Å². The molecule has 1 aliphatic rings. The number of nitrogens with two attached hydrogens (primary N) is 3. The summed E-state index contributed by atoms with van der Waals surface area (Å²) in [5.74, 6) is -13.3. The lowest BCUT2D eigenvalue weighted by Crippen LogP contribution is -2.61. The number of aliphatic hydroxyl groups is 1. The summed E-state index contributed by atoms with van der Waals surface area (Å²) in [6, 6.07) is -1.28. The van der Waals surface area contributed by atoms with Crippen LogP contribution in [0.1, 0.15) is 88.5 Å². The van der Waals surface area contributed by atoms with Crippen molar-refractivity contribution in [3.8, 4) is 5.75 Å². The number of hydrogen-bond donors (Lipinski definition) is 18. The fourth-order valence-electron chi connectivity index (χ4n) is 9.93. The number of aliphatic hydroxyl groups excluding tert-OH is 1. The minimum absolute atomic E-state index is 0.0215. The highest BCUT2D eigenvalue weighted by molar-refractivity contribution is 5.99. The Labute approximate surface area is 521 Å². The van der Waals surface area contributed by atoms with Gasteiger partial charge in [-0.15, -0.1) is 0 Å². The second-order valence-corrected chi connectivity index (χ2v) is 22.2. The van der Waals surface area contributed by atoms with Crippen molar-refractivity contribution in [3.05, 3.63) is 84.1 Å². The highest BCUT2D eigenvalue weighted by Gasteiger charge is 2.40. The summed E-state index contributed by atoms with van der Waals surface area (Å²) < 4.78 is 0. The monoisotopic (exact) mass is 1270 g/mol. The van der Waals surface area contributed by atoms with Crippen LogP contribution in [0.4, 0.5) is 0 Å². The Kier molecular flexibility index (Phi) is 27.6. The molecular weight excluding hydrogens is 1190 g/mol. The zero-order chi connectivity index (χ0) is 66.9. The van der Waals surface area contributed by atoms with Crippen molar-refractivity contribution in [2.75, 3.05) is 26.2 Å². The van der Waals surface area contributed by atoms with E-state index in [-0.39, 0.29) is 75.7 Å². The smallest absolute Gasteiger partial charge is 0.322 e. The molecule has 9 atom stereocenters. The number of amides is 9. The number of aliphatic carboxylic acids is 3. The number of aliphatic imine (C=N–C) groups is 1. The van der Waals surface area contributed by atoms with E-state index in [1.807, 2.05) is 0 Å². The predicted molar refractivity (Wildman–Crippen MR) is 323 cm³/mol. The molecule has 1 saturated heterocycles. The van der Waals surface area contributed by atoms with Gasteiger partial charge < -0.3 is 100 Å². The third-order valence-electron chi connectivity index (χ3n) is 14.6. The third kappa shape index (κ3) is 23.0. The van der Waals surface area contributed by atoms with E-state index in [1.54, 1.807) is 44.3 Å². The number of benzene rings is 2. The number of carbonyl (C=O) groups excluding carboxylic acids is 9. The number of nitrogens with one attached hydrogen (secondary N) is 10. The maximum Gasteiger partial charge on any atom is 0.322 e. The Morgan fingerprint density at radius 1 is 0.659 bits per heavy atom. The molecule has 0 radical (unpaired) electrons. The van der Waals surface area contributed by atoms with Crippen molar-refractivity contribution < 1.29 is 83.1 Å². The molecule has 1 fully saturated rings. The van der Waals surface area contributed by atoms with E-state index >= 15 is 0 Å². The molecule has 2 aromatic heterocycles. The van der Waals surface area contributed by atoms with Gasteiger partial charge in [-0.1, -0.05) is 44.2 Å². The van der Waals surface area contributed by atoms with E-state index < -0.39 is 164 Å². The number of H-pyrrole nitrogens is 2. The molecule has 494 valence electrons. The quantitative estimate of drug-likeness (QED) is 0.0118. The van der Waals surface area contributed by atoms with E-state index in [0.29, 0.717) is 34.1 Å². The van der Waals surface area contributed by atoms with E-state index in [9.17, 15) is 78.0 Å². The number of imidazole rings is 1. The Hall–Kier alpha value is -10.2. The lowest BCUT2D eigenvalue weighted by Gasteiger charge is -2.30. The molecule has 1 aliphatic heterocycles. The molecule has 0 bridgehead atoms. The molecule has 91 heavy (non-hydrogen) atoms. The molecule has 9 amide bonds. The molecular formula is C58H80N16O17. The van der Waals surface area contributed by atoms with Crippen LogP contribution in [0.25, 0.3) is 10.9 Å². The highest BCUT2D eigenvalue weighted by atomic mass is 16.4. The van der Waals surface area contributed by atoms with Crippen molar-refractivity contribution in [1.82, 2.24) is 62.4 Å². The summed E-state index contributed by atoms with van der Waals surface area (Å²) in [6.07, 6.45) is 1.88. The summed E-state index contributed by atoms with van der Waals surface area (Å²) in [5, 5.41) is 69.5. The largest absolute Gasteiger partial charge is 0.508 e. The summed E-state index contributed by atoms with van der Waals surface area (Å²) in [7, 11) is 0. The van der Waals surface area contributed by atoms with Crippen LogP contribution < -0.4 is 59.7 Å². The predicted octanol–water partition coefficient (Wildman–Crippen LogP) is -3.64. The molecule has 3 heterocycles. The average Bonchev–Trinajstić information content (AvgIpc) is 2.25. The molecule has 33 heteroatoms. The molecule has 0 saturated carbocycles. The first-order valence-electron chi connectivity index (χ1n) is 29.3. The summed E-state index contributed by atoms with van der Waals surface area (Å²) >= 11 is 0. The van der Waals surface area contributed by atoms with Crippen molar-refractivity contribution >= 4 is 87.9 Å². The number of carboxylic acids is 3. The van der Waals surface area contributed by atoms with Gasteiger partial charge in [0.05, 0.1) is 19.0 Å². The second kappa shape index (κ2) is 35.1. The van der Waals surface area contributed by atoms with Crippen LogP contribution in [0.5, 0.6) is 5.75 Å². The van der Waals surface area contributed by atoms with Crippen LogP contribution in [0.15, 0.2) is 72.2 Å². The van der Waals surface area contributed by atoms with Gasteiger partial charge >= 0.3 is 17.9 Å². The van der Waals surface area contributed by atoms with Gasteiger partial charge in [-0.2, -0.15) is 0 Å². The number of guanidine groups is 1. The summed E-state index contributed by atoms with van der Waals surface area (Å²) in [4.78, 5) is 177. The van der Waals surface area contributed by atoms with Gasteiger partial charge in [-0.05, 0) is 80.2 Å². The fraction of sp³-hybridized carbons (Fsp3) is 0.483. The second-order valence-electron chi connectivity index (χ2n) is 22.2. The number of rotatable bonds is 37. The van der Waals surface area contributed by atoms with E-state index in [2.05, 4.69) is 62.5 Å². The number of aromatic hydroxyl groups is 1. The van der Waals surface area contributed by atoms with Crippen molar-refractivity contribution in [1.29, 1.82) is 0 Å². The molecule has 5 rings (SSSR count). The number of aromatic amines is 2. The first kappa shape index (κ1) is 71.6. The summed E-state index contributed by atoms with van der Waals surface area (Å²) in [6.45, 7) is 1.70. The lowest BCUT2D eigenvalue weighted by atomic mass is 10.0. The average molecular weight is 1270 g/mol. The van der Waals surface area contributed by atoms with Gasteiger partial charge in [0.2, 0.25) is 53.2 Å². The van der Waals surface area contributed by atoms with Gasteiger partial charge in [0.25, 0.3) is 0 Å². The number of fused-ring (bicyclic) bond motifs is 1. The number of nitrogens with zero attached hydrogens (tertiary/aromatic N) is 3. The van der Waals surface area contributed by atoms with Crippen LogP contribution in [-0.4, -0.2) is 203 Å². The molecule has 0 aliphatic carbocycles. The van der Waals surface area contributed by atoms with Gasteiger partial charge in [-0.3, -0.25) is 62.5 Å². The molecule has 33 nitrogen and oxygen atoms in total. The Bertz CT molecular complexity index is 3230. The Morgan fingerprint density at radius 3 is 1.84 bits per heavy atom. The van der Waals surface area contributed by atoms with Gasteiger partial charge in [0.1, 0.15) is 60.6 Å². The van der Waals surface area contributed by atoms with Gasteiger partial charge in [-0.25, -0.2) is 4.98 Å². The van der Waals surface area contributed by atoms with Crippen molar-refractivity contribution in [2.24, 2.45) is 28.1 Å². The number of hydrogen-bond acceptors (Lipinski definition) is 17. The van der Waals surface area contributed by atoms with Gasteiger partial charge in [0, 0.05) is 74.2 Å². The number of para-hydroxylation sites is 1. The van der Waals surface area contributed by atoms with Crippen molar-refractivity contribution in [2.45, 2.75) is 145 Å². The molecule has 2 aromatic carbocycles. The minimum atomic E-state index is -1.88. The Morgan fingerprint density at radius 2 is 1.22 bits per heavy atom. The third-order valence-corrected chi connectivity index (χ3v) is 14.6. The number of carboxylic acid groups (broad SMARTS) is 3. The minimum Gasteiger partial charge on any atom is -0.508 e. The number of likely N-dealkylation sites (tertiary alicyclic amines) is 1. The number of carbonyl (C=O) groups is 12. The number of aromatic nitrogens is 3. The maximum absolute atomic E-state index is 14.6. The van der Waals surface area contributed by atoms with Crippen molar-refractivity contribution in [3.63, 3.8) is 0 Å². The van der Waals surface area contributed by atoms with Crippen LogP contribution in [-0.2, 0) is 76.8 Å². The summed E-state index contributed by atoms with van der Waals surface area (Å²) in [5.41, 5.74) is 18.8. The van der Waals surface area contributed by atoms with Crippen LogP contribution in [0.3, 0.4) is 0 Å². The molecule has 0 unspecified atom stereocenters. The normalized spacial score (nSPS) is 15.4. The zero-order valence-electron chi connectivity index (χ0n) is 50.1. The van der Waals surface area contributed by atoms with E-state index in [4.69, 9.17) is 22.3 Å². The molecule has 4 aromatic rings. The highest BCUT2D eigenvalue weighted by Crippen LogP contribution is 2.22. The number of phenolic OH excluding ortho intramolecular Hbond substituents is 1.